The molecule has 2 N–H and O–H groups in total. The van der Waals surface area contributed by atoms with Crippen molar-refractivity contribution < 1.29 is 4.79 Å². The highest BCUT2D eigenvalue weighted by Gasteiger charge is 2.27. The number of carbonyl (C=O) groups excluding carboxylic acids is 1. The number of rotatable bonds is 3. The molecule has 1 amide bonds. The van der Waals surface area contributed by atoms with Gasteiger partial charge < -0.3 is 20.4 Å². The molecule has 1 fully saturated rings. The van der Waals surface area contributed by atoms with Gasteiger partial charge in [-0.15, -0.1) is 0 Å². The van der Waals surface area contributed by atoms with Crippen LogP contribution in [0.3, 0.4) is 0 Å². The molecular weight excluding hydrogens is 274 g/mol. The fourth-order valence-corrected chi connectivity index (χ4v) is 3.26. The molecule has 112 valence electrons. The van der Waals surface area contributed by atoms with Gasteiger partial charge in [-0.1, -0.05) is 11.3 Å². The minimum Gasteiger partial charge on any atom is -0.382 e. The van der Waals surface area contributed by atoms with Crippen LogP contribution in [-0.2, 0) is 0 Å². The lowest BCUT2D eigenvalue weighted by Crippen LogP contribution is -2.44. The molecule has 1 aromatic heterocycles. The van der Waals surface area contributed by atoms with Crippen LogP contribution in [0.1, 0.15) is 22.5 Å². The number of nitrogen functional groups attached to an aromatic ring is 1. The molecule has 1 aliphatic rings. The molecule has 0 atom stereocenters. The highest BCUT2D eigenvalue weighted by Crippen LogP contribution is 2.29. The van der Waals surface area contributed by atoms with Crippen LogP contribution in [-0.4, -0.2) is 68.0 Å². The van der Waals surface area contributed by atoms with Crippen molar-refractivity contribution >= 4 is 28.2 Å². The lowest BCUT2D eigenvalue weighted by molar-refractivity contribution is 0.0665. The summed E-state index contributed by atoms with van der Waals surface area (Å²) in [5.41, 5.74) is 5.89. The zero-order valence-corrected chi connectivity index (χ0v) is 13.4. The molecule has 2 rings (SSSR count). The number of piperidine rings is 1. The number of hydrogen-bond acceptors (Lipinski definition) is 6. The van der Waals surface area contributed by atoms with Gasteiger partial charge in [-0.2, -0.15) is 0 Å². The SMILES string of the molecule is CN1CCC(N(C)C(=O)c2sc(N(C)C)nc2N)CC1. The Balaban J connectivity index is 2.10. The molecule has 0 aromatic carbocycles. The maximum absolute atomic E-state index is 12.6. The highest BCUT2D eigenvalue weighted by atomic mass is 32.1. The number of aromatic nitrogens is 1. The van der Waals surface area contributed by atoms with Gasteiger partial charge in [0, 0.05) is 27.2 Å². The third kappa shape index (κ3) is 3.04. The Labute approximate surface area is 124 Å². The fourth-order valence-electron chi connectivity index (χ4n) is 2.37. The number of anilines is 2. The molecule has 2 heterocycles. The first-order valence-electron chi connectivity index (χ1n) is 6.79. The summed E-state index contributed by atoms with van der Waals surface area (Å²) >= 11 is 1.36. The van der Waals surface area contributed by atoms with Crippen LogP contribution in [0.15, 0.2) is 0 Å². The second kappa shape index (κ2) is 5.97. The minimum atomic E-state index is -0.0114. The number of thiazole rings is 1. The van der Waals surface area contributed by atoms with E-state index in [2.05, 4.69) is 16.9 Å². The van der Waals surface area contributed by atoms with E-state index in [1.807, 2.05) is 30.9 Å². The van der Waals surface area contributed by atoms with E-state index in [0.29, 0.717) is 16.7 Å². The van der Waals surface area contributed by atoms with Crippen molar-refractivity contribution in [3.63, 3.8) is 0 Å². The van der Waals surface area contributed by atoms with E-state index in [9.17, 15) is 4.79 Å². The smallest absolute Gasteiger partial charge is 0.267 e. The van der Waals surface area contributed by atoms with E-state index in [1.165, 1.54) is 11.3 Å². The van der Waals surface area contributed by atoms with E-state index in [-0.39, 0.29) is 5.91 Å². The third-order valence-corrected chi connectivity index (χ3v) is 5.00. The van der Waals surface area contributed by atoms with Gasteiger partial charge in [0.25, 0.3) is 5.91 Å². The van der Waals surface area contributed by atoms with Crippen molar-refractivity contribution in [1.82, 2.24) is 14.8 Å². The number of likely N-dealkylation sites (tertiary alicyclic amines) is 1. The average molecular weight is 297 g/mol. The normalized spacial score (nSPS) is 17.2. The summed E-state index contributed by atoms with van der Waals surface area (Å²) in [6.45, 7) is 2.06. The van der Waals surface area contributed by atoms with Gasteiger partial charge in [0.05, 0.1) is 0 Å². The molecule has 0 unspecified atom stereocenters. The van der Waals surface area contributed by atoms with Gasteiger partial charge in [0.15, 0.2) is 5.13 Å². The van der Waals surface area contributed by atoms with Gasteiger partial charge in [-0.05, 0) is 33.0 Å². The van der Waals surface area contributed by atoms with Crippen molar-refractivity contribution in [2.45, 2.75) is 18.9 Å². The number of hydrogen-bond donors (Lipinski definition) is 1. The van der Waals surface area contributed by atoms with Crippen LogP contribution < -0.4 is 10.6 Å². The van der Waals surface area contributed by atoms with Gasteiger partial charge >= 0.3 is 0 Å². The number of carbonyl (C=O) groups is 1. The molecule has 0 bridgehead atoms. The lowest BCUT2D eigenvalue weighted by Gasteiger charge is -2.34. The second-order valence-electron chi connectivity index (χ2n) is 5.56. The summed E-state index contributed by atoms with van der Waals surface area (Å²) in [7, 11) is 7.77. The quantitative estimate of drug-likeness (QED) is 0.900. The first kappa shape index (κ1) is 15.1. The number of amides is 1. The largest absolute Gasteiger partial charge is 0.382 e. The standard InChI is InChI=1S/C13H23N5OS/c1-16(2)13-15-11(14)10(20-13)12(19)18(4)9-5-7-17(3)8-6-9/h9H,5-8,14H2,1-4H3. The molecule has 1 aromatic rings. The summed E-state index contributed by atoms with van der Waals surface area (Å²) in [5.74, 6) is 0.325. The molecular formula is C13H23N5OS. The van der Waals surface area contributed by atoms with E-state index in [4.69, 9.17) is 5.73 Å². The maximum Gasteiger partial charge on any atom is 0.267 e. The van der Waals surface area contributed by atoms with Crippen molar-refractivity contribution in [3.8, 4) is 0 Å². The van der Waals surface area contributed by atoms with Crippen molar-refractivity contribution in [2.75, 3.05) is 51.9 Å². The monoisotopic (exact) mass is 297 g/mol. The van der Waals surface area contributed by atoms with Crippen LogP contribution in [0, 0.1) is 0 Å². The fraction of sp³-hybridized carbons (Fsp3) is 0.692. The van der Waals surface area contributed by atoms with E-state index < -0.39 is 0 Å². The average Bonchev–Trinajstić information content (AvgIpc) is 2.80. The van der Waals surface area contributed by atoms with Crippen molar-refractivity contribution in [1.29, 1.82) is 0 Å². The second-order valence-corrected chi connectivity index (χ2v) is 6.53. The highest BCUT2D eigenvalue weighted by molar-refractivity contribution is 7.18. The van der Waals surface area contributed by atoms with Crippen LogP contribution in [0.25, 0.3) is 0 Å². The van der Waals surface area contributed by atoms with Gasteiger partial charge in [0.1, 0.15) is 10.7 Å². The zero-order chi connectivity index (χ0) is 14.9. The predicted octanol–water partition coefficient (Wildman–Crippen LogP) is 0.958. The summed E-state index contributed by atoms with van der Waals surface area (Å²) in [6, 6.07) is 0.294. The molecule has 1 aliphatic heterocycles. The molecule has 6 nitrogen and oxygen atoms in total. The molecule has 20 heavy (non-hydrogen) atoms. The number of nitrogens with zero attached hydrogens (tertiary/aromatic N) is 4. The Bertz CT molecular complexity index is 479. The van der Waals surface area contributed by atoms with Crippen LogP contribution in [0.2, 0.25) is 0 Å². The van der Waals surface area contributed by atoms with Gasteiger partial charge in [0.2, 0.25) is 0 Å². The number of nitrogens with two attached hydrogens (primary N) is 1. The Morgan fingerprint density at radius 1 is 1.35 bits per heavy atom. The molecule has 1 saturated heterocycles. The zero-order valence-electron chi connectivity index (χ0n) is 12.6. The molecule has 0 radical (unpaired) electrons. The molecule has 0 aliphatic carbocycles. The summed E-state index contributed by atoms with van der Waals surface area (Å²) in [5, 5.41) is 0.766. The molecule has 0 spiro atoms. The van der Waals surface area contributed by atoms with Crippen LogP contribution in [0.4, 0.5) is 10.9 Å². The first-order valence-corrected chi connectivity index (χ1v) is 7.61. The summed E-state index contributed by atoms with van der Waals surface area (Å²) in [4.78, 5) is 23.3. The van der Waals surface area contributed by atoms with Crippen LogP contribution in [0.5, 0.6) is 0 Å². The Morgan fingerprint density at radius 2 is 1.95 bits per heavy atom. The Kier molecular flexibility index (Phi) is 4.49. The van der Waals surface area contributed by atoms with E-state index in [0.717, 1.165) is 31.1 Å². The minimum absolute atomic E-state index is 0.0114. The summed E-state index contributed by atoms with van der Waals surface area (Å²) < 4.78 is 0. The van der Waals surface area contributed by atoms with Gasteiger partial charge in [-0.25, -0.2) is 4.98 Å². The lowest BCUT2D eigenvalue weighted by atomic mass is 10.0. The first-order chi connectivity index (χ1) is 9.40. The Morgan fingerprint density at radius 3 is 2.45 bits per heavy atom. The topological polar surface area (TPSA) is 65.7 Å². The Hall–Kier alpha value is -1.34. The summed E-state index contributed by atoms with van der Waals surface area (Å²) in [6.07, 6.45) is 2.02. The van der Waals surface area contributed by atoms with E-state index in [1.54, 1.807) is 0 Å². The predicted molar refractivity (Wildman–Crippen MR) is 83.5 cm³/mol. The van der Waals surface area contributed by atoms with E-state index >= 15 is 0 Å². The maximum atomic E-state index is 12.6. The van der Waals surface area contributed by atoms with Crippen LogP contribution >= 0.6 is 11.3 Å². The molecule has 7 heteroatoms. The third-order valence-electron chi connectivity index (χ3n) is 3.78. The van der Waals surface area contributed by atoms with Crippen molar-refractivity contribution in [2.24, 2.45) is 0 Å². The van der Waals surface area contributed by atoms with Crippen molar-refractivity contribution in [3.05, 3.63) is 4.88 Å². The van der Waals surface area contributed by atoms with Gasteiger partial charge in [-0.3, -0.25) is 4.79 Å². The molecule has 0 saturated carbocycles.